The van der Waals surface area contributed by atoms with E-state index in [4.69, 9.17) is 4.74 Å². The van der Waals surface area contributed by atoms with Gasteiger partial charge in [-0.15, -0.1) is 10.2 Å². The van der Waals surface area contributed by atoms with Gasteiger partial charge in [0, 0.05) is 18.8 Å². The van der Waals surface area contributed by atoms with Crippen LogP contribution in [0, 0.1) is 0 Å². The summed E-state index contributed by atoms with van der Waals surface area (Å²) in [5.41, 5.74) is 2.47. The van der Waals surface area contributed by atoms with Gasteiger partial charge in [0.05, 0.1) is 7.11 Å². The van der Waals surface area contributed by atoms with Crippen LogP contribution in [0.1, 0.15) is 23.0 Å². The van der Waals surface area contributed by atoms with Crippen molar-refractivity contribution in [3.8, 4) is 5.75 Å². The quantitative estimate of drug-likeness (QED) is 0.650. The molecular formula is C22H24N4O2. The number of hydrogen-bond acceptors (Lipinski definition) is 5. The number of nitrogens with zero attached hydrogens (tertiary/aromatic N) is 3. The minimum atomic E-state index is -0.227. The second-order valence-corrected chi connectivity index (χ2v) is 6.21. The van der Waals surface area contributed by atoms with Crippen LogP contribution in [-0.4, -0.2) is 36.3 Å². The molecular weight excluding hydrogens is 352 g/mol. The lowest BCUT2D eigenvalue weighted by Crippen LogP contribution is -2.27. The number of anilines is 2. The number of ether oxygens (including phenoxy) is 1. The standard InChI is InChI=1S/C22H24N4O2/c1-3-26(18-7-5-4-6-8-18)21-14-13-20(24-25-21)22(27)23-16-15-17-9-11-19(28-2)12-10-17/h4-14H,3,15-16H2,1-2H3,(H,23,27). The Bertz CT molecular complexity index is 881. The molecule has 0 saturated heterocycles. The molecule has 28 heavy (non-hydrogen) atoms. The van der Waals surface area contributed by atoms with Crippen LogP contribution in [-0.2, 0) is 6.42 Å². The minimum absolute atomic E-state index is 0.227. The fourth-order valence-electron chi connectivity index (χ4n) is 2.88. The van der Waals surface area contributed by atoms with E-state index in [-0.39, 0.29) is 5.91 Å². The zero-order valence-corrected chi connectivity index (χ0v) is 16.1. The zero-order valence-electron chi connectivity index (χ0n) is 16.1. The third-order valence-corrected chi connectivity index (χ3v) is 4.40. The summed E-state index contributed by atoms with van der Waals surface area (Å²) < 4.78 is 5.14. The molecule has 0 fully saturated rings. The summed E-state index contributed by atoms with van der Waals surface area (Å²) in [5, 5.41) is 11.2. The number of carbonyl (C=O) groups excluding carboxylic acids is 1. The number of methoxy groups -OCH3 is 1. The molecule has 0 radical (unpaired) electrons. The molecule has 3 rings (SSSR count). The van der Waals surface area contributed by atoms with Crippen molar-refractivity contribution in [1.82, 2.24) is 15.5 Å². The highest BCUT2D eigenvalue weighted by molar-refractivity contribution is 5.92. The van der Waals surface area contributed by atoms with Gasteiger partial charge in [0.15, 0.2) is 11.5 Å². The molecule has 6 nitrogen and oxygen atoms in total. The van der Waals surface area contributed by atoms with Crippen molar-refractivity contribution in [3.05, 3.63) is 78.0 Å². The number of aromatic nitrogens is 2. The molecule has 0 bridgehead atoms. The molecule has 0 spiro atoms. The van der Waals surface area contributed by atoms with Crippen LogP contribution >= 0.6 is 0 Å². The second kappa shape index (κ2) is 9.50. The SMILES string of the molecule is CCN(c1ccccc1)c1ccc(C(=O)NCCc2ccc(OC)cc2)nn1. The lowest BCUT2D eigenvalue weighted by Gasteiger charge is -2.21. The summed E-state index contributed by atoms with van der Waals surface area (Å²) in [7, 11) is 1.64. The number of nitrogens with one attached hydrogen (secondary N) is 1. The van der Waals surface area contributed by atoms with E-state index in [1.807, 2.05) is 65.6 Å². The number of carbonyl (C=O) groups is 1. The van der Waals surface area contributed by atoms with Crippen molar-refractivity contribution in [3.63, 3.8) is 0 Å². The predicted molar refractivity (Wildman–Crippen MR) is 110 cm³/mol. The van der Waals surface area contributed by atoms with E-state index in [2.05, 4.69) is 22.4 Å². The van der Waals surface area contributed by atoms with Crippen LogP contribution in [0.5, 0.6) is 5.75 Å². The van der Waals surface area contributed by atoms with Gasteiger partial charge in [0.2, 0.25) is 0 Å². The number of rotatable bonds is 8. The van der Waals surface area contributed by atoms with Gasteiger partial charge in [-0.2, -0.15) is 0 Å². The van der Waals surface area contributed by atoms with Gasteiger partial charge >= 0.3 is 0 Å². The Morgan fingerprint density at radius 1 is 1.00 bits per heavy atom. The molecule has 0 aliphatic rings. The number of benzene rings is 2. The van der Waals surface area contributed by atoms with E-state index < -0.39 is 0 Å². The van der Waals surface area contributed by atoms with Crippen LogP contribution in [0.3, 0.4) is 0 Å². The van der Waals surface area contributed by atoms with Gasteiger partial charge in [-0.3, -0.25) is 4.79 Å². The molecule has 3 aromatic rings. The highest BCUT2D eigenvalue weighted by atomic mass is 16.5. The molecule has 0 saturated carbocycles. The van der Waals surface area contributed by atoms with Crippen LogP contribution in [0.15, 0.2) is 66.7 Å². The van der Waals surface area contributed by atoms with Gasteiger partial charge < -0.3 is 15.0 Å². The van der Waals surface area contributed by atoms with Crippen LogP contribution in [0.2, 0.25) is 0 Å². The molecule has 1 amide bonds. The summed E-state index contributed by atoms with van der Waals surface area (Å²) >= 11 is 0. The maximum Gasteiger partial charge on any atom is 0.271 e. The van der Waals surface area contributed by atoms with Crippen LogP contribution in [0.4, 0.5) is 11.5 Å². The van der Waals surface area contributed by atoms with Crippen LogP contribution < -0.4 is 15.0 Å². The van der Waals surface area contributed by atoms with Crippen molar-refractivity contribution in [2.45, 2.75) is 13.3 Å². The average Bonchev–Trinajstić information content (AvgIpc) is 2.76. The van der Waals surface area contributed by atoms with Crippen molar-refractivity contribution in [2.75, 3.05) is 25.1 Å². The van der Waals surface area contributed by atoms with E-state index in [9.17, 15) is 4.79 Å². The Balaban J connectivity index is 1.57. The monoisotopic (exact) mass is 376 g/mol. The molecule has 6 heteroatoms. The first-order valence-corrected chi connectivity index (χ1v) is 9.28. The van der Waals surface area contributed by atoms with Crippen molar-refractivity contribution in [1.29, 1.82) is 0 Å². The summed E-state index contributed by atoms with van der Waals surface area (Å²) in [4.78, 5) is 14.3. The maximum atomic E-state index is 12.3. The predicted octanol–water partition coefficient (Wildman–Crippen LogP) is 3.62. The van der Waals surface area contributed by atoms with Gasteiger partial charge in [0.25, 0.3) is 5.91 Å². The normalized spacial score (nSPS) is 10.4. The topological polar surface area (TPSA) is 67.4 Å². The van der Waals surface area contributed by atoms with E-state index in [0.717, 1.165) is 30.0 Å². The fourth-order valence-corrected chi connectivity index (χ4v) is 2.88. The van der Waals surface area contributed by atoms with Crippen molar-refractivity contribution in [2.24, 2.45) is 0 Å². The third-order valence-electron chi connectivity index (χ3n) is 4.40. The summed E-state index contributed by atoms with van der Waals surface area (Å²) in [6.45, 7) is 3.33. The minimum Gasteiger partial charge on any atom is -0.497 e. The fraction of sp³-hybridized carbons (Fsp3) is 0.227. The molecule has 0 unspecified atom stereocenters. The third kappa shape index (κ3) is 4.85. The summed E-state index contributed by atoms with van der Waals surface area (Å²) in [6.07, 6.45) is 0.735. The van der Waals surface area contributed by atoms with Crippen LogP contribution in [0.25, 0.3) is 0 Å². The van der Waals surface area contributed by atoms with Gasteiger partial charge in [-0.05, 0) is 55.3 Å². The molecule has 0 atom stereocenters. The smallest absolute Gasteiger partial charge is 0.271 e. The first kappa shape index (κ1) is 19.4. The molecule has 0 aliphatic carbocycles. The van der Waals surface area contributed by atoms with Gasteiger partial charge in [0.1, 0.15) is 5.75 Å². The maximum absolute atomic E-state index is 12.3. The first-order valence-electron chi connectivity index (χ1n) is 9.28. The van der Waals surface area contributed by atoms with Gasteiger partial charge in [-0.1, -0.05) is 30.3 Å². The molecule has 2 aromatic carbocycles. The Hall–Kier alpha value is -3.41. The number of hydrogen-bond donors (Lipinski definition) is 1. The molecule has 1 heterocycles. The highest BCUT2D eigenvalue weighted by Crippen LogP contribution is 2.22. The zero-order chi connectivity index (χ0) is 19.8. The summed E-state index contributed by atoms with van der Waals surface area (Å²) in [5.74, 6) is 1.30. The largest absolute Gasteiger partial charge is 0.497 e. The molecule has 144 valence electrons. The molecule has 0 aliphatic heterocycles. The van der Waals surface area contributed by atoms with E-state index in [0.29, 0.717) is 18.1 Å². The van der Waals surface area contributed by atoms with Crippen molar-refractivity contribution < 1.29 is 9.53 Å². The Morgan fingerprint density at radius 3 is 2.36 bits per heavy atom. The Morgan fingerprint density at radius 2 is 1.75 bits per heavy atom. The average molecular weight is 376 g/mol. The van der Waals surface area contributed by atoms with E-state index >= 15 is 0 Å². The van der Waals surface area contributed by atoms with E-state index in [1.54, 1.807) is 13.2 Å². The van der Waals surface area contributed by atoms with E-state index in [1.165, 1.54) is 0 Å². The molecule has 1 aromatic heterocycles. The molecule has 1 N–H and O–H groups in total. The lowest BCUT2D eigenvalue weighted by molar-refractivity contribution is 0.0948. The van der Waals surface area contributed by atoms with Crippen molar-refractivity contribution >= 4 is 17.4 Å². The summed E-state index contributed by atoms with van der Waals surface area (Å²) in [6, 6.07) is 21.3. The number of para-hydroxylation sites is 1. The second-order valence-electron chi connectivity index (χ2n) is 6.21. The van der Waals surface area contributed by atoms with Gasteiger partial charge in [-0.25, -0.2) is 0 Å². The number of amides is 1. The Labute approximate surface area is 165 Å². The highest BCUT2D eigenvalue weighted by Gasteiger charge is 2.12. The Kier molecular flexibility index (Phi) is 6.57. The first-order chi connectivity index (χ1) is 13.7. The lowest BCUT2D eigenvalue weighted by atomic mass is 10.1.